The average molecular weight is 274 g/mol. The van der Waals surface area contributed by atoms with Gasteiger partial charge in [0.1, 0.15) is 0 Å². The number of aryl methyl sites for hydroxylation is 2. The van der Waals surface area contributed by atoms with Gasteiger partial charge in [0, 0.05) is 17.4 Å². The number of nitrogens with two attached hydrogens (primary N) is 1. The molecule has 0 aliphatic rings. The highest BCUT2D eigenvalue weighted by Gasteiger charge is 2.14. The molecular weight excluding hydrogens is 255 g/mol. The van der Waals surface area contributed by atoms with Crippen molar-refractivity contribution in [1.29, 1.82) is 0 Å². The number of halogens is 1. The van der Waals surface area contributed by atoms with Gasteiger partial charge in [-0.3, -0.25) is 4.98 Å². The van der Waals surface area contributed by atoms with Crippen molar-refractivity contribution in [3.8, 4) is 5.75 Å². The van der Waals surface area contributed by atoms with Gasteiger partial charge in [-0.1, -0.05) is 12.1 Å². The third-order valence-electron chi connectivity index (χ3n) is 3.23. The van der Waals surface area contributed by atoms with E-state index in [1.165, 1.54) is 7.11 Å². The van der Waals surface area contributed by atoms with Gasteiger partial charge in [-0.25, -0.2) is 4.39 Å². The number of aromatic nitrogens is 1. The Kier molecular flexibility index (Phi) is 4.35. The van der Waals surface area contributed by atoms with Crippen LogP contribution in [0.5, 0.6) is 5.75 Å². The summed E-state index contributed by atoms with van der Waals surface area (Å²) in [6, 6.07) is 8.72. The molecule has 0 spiro atoms. The van der Waals surface area contributed by atoms with E-state index in [9.17, 15) is 4.39 Å². The number of nitrogens with zero attached hydrogens (tertiary/aromatic N) is 1. The highest BCUT2D eigenvalue weighted by atomic mass is 19.1. The lowest BCUT2D eigenvalue weighted by atomic mass is 9.98. The van der Waals surface area contributed by atoms with Crippen LogP contribution in [0, 0.1) is 19.7 Å². The van der Waals surface area contributed by atoms with Crippen LogP contribution in [-0.2, 0) is 6.42 Å². The fourth-order valence-corrected chi connectivity index (χ4v) is 2.31. The van der Waals surface area contributed by atoms with Crippen molar-refractivity contribution in [2.45, 2.75) is 26.3 Å². The van der Waals surface area contributed by atoms with E-state index >= 15 is 0 Å². The number of hydrogen-bond acceptors (Lipinski definition) is 3. The summed E-state index contributed by atoms with van der Waals surface area (Å²) < 4.78 is 19.1. The van der Waals surface area contributed by atoms with Gasteiger partial charge in [-0.05, 0) is 49.6 Å². The maximum atomic E-state index is 14.1. The lowest BCUT2D eigenvalue weighted by molar-refractivity contribution is 0.383. The first-order valence-electron chi connectivity index (χ1n) is 6.53. The molecule has 0 saturated carbocycles. The molecule has 1 heterocycles. The number of benzene rings is 1. The van der Waals surface area contributed by atoms with Crippen LogP contribution in [-0.4, -0.2) is 12.1 Å². The predicted molar refractivity (Wildman–Crippen MR) is 77.3 cm³/mol. The zero-order valence-corrected chi connectivity index (χ0v) is 12.0. The largest absolute Gasteiger partial charge is 0.494 e. The van der Waals surface area contributed by atoms with E-state index in [1.807, 2.05) is 26.0 Å². The second kappa shape index (κ2) is 6.01. The van der Waals surface area contributed by atoms with Crippen molar-refractivity contribution in [2.24, 2.45) is 5.73 Å². The van der Waals surface area contributed by atoms with Crippen molar-refractivity contribution in [3.05, 3.63) is 58.7 Å². The molecule has 2 aromatic rings. The molecule has 2 rings (SSSR count). The van der Waals surface area contributed by atoms with Crippen LogP contribution < -0.4 is 10.5 Å². The highest BCUT2D eigenvalue weighted by molar-refractivity contribution is 5.33. The molecule has 106 valence electrons. The van der Waals surface area contributed by atoms with E-state index in [0.29, 0.717) is 12.0 Å². The molecule has 1 atom stereocenters. The molecule has 0 aliphatic carbocycles. The van der Waals surface area contributed by atoms with Crippen LogP contribution in [0.3, 0.4) is 0 Å². The Balaban J connectivity index is 2.25. The topological polar surface area (TPSA) is 48.1 Å². The van der Waals surface area contributed by atoms with E-state index < -0.39 is 0 Å². The van der Waals surface area contributed by atoms with Gasteiger partial charge in [0.2, 0.25) is 0 Å². The summed E-state index contributed by atoms with van der Waals surface area (Å²) in [5.74, 6) is -0.0928. The lowest BCUT2D eigenvalue weighted by Gasteiger charge is -2.15. The third-order valence-corrected chi connectivity index (χ3v) is 3.23. The summed E-state index contributed by atoms with van der Waals surface area (Å²) in [6.45, 7) is 3.85. The molecule has 20 heavy (non-hydrogen) atoms. The molecule has 3 nitrogen and oxygen atoms in total. The van der Waals surface area contributed by atoms with E-state index in [1.54, 1.807) is 18.2 Å². The van der Waals surface area contributed by atoms with Crippen LogP contribution in [0.4, 0.5) is 4.39 Å². The number of ether oxygens (including phenoxy) is 1. The summed E-state index contributed by atoms with van der Waals surface area (Å²) in [6.07, 6.45) is 0.423. The summed E-state index contributed by atoms with van der Waals surface area (Å²) in [4.78, 5) is 4.32. The summed E-state index contributed by atoms with van der Waals surface area (Å²) in [5, 5.41) is 0. The van der Waals surface area contributed by atoms with Crippen LogP contribution in [0.15, 0.2) is 30.3 Å². The van der Waals surface area contributed by atoms with Crippen molar-refractivity contribution >= 4 is 0 Å². The van der Waals surface area contributed by atoms with Gasteiger partial charge >= 0.3 is 0 Å². The average Bonchev–Trinajstić information content (AvgIpc) is 2.40. The van der Waals surface area contributed by atoms with Crippen LogP contribution in [0.25, 0.3) is 0 Å². The van der Waals surface area contributed by atoms with Crippen molar-refractivity contribution in [1.82, 2.24) is 4.98 Å². The van der Waals surface area contributed by atoms with Crippen molar-refractivity contribution < 1.29 is 9.13 Å². The smallest absolute Gasteiger partial charge is 0.168 e. The number of hydrogen-bond donors (Lipinski definition) is 1. The minimum atomic E-state index is -0.340. The lowest BCUT2D eigenvalue weighted by Crippen LogP contribution is -2.15. The van der Waals surface area contributed by atoms with Gasteiger partial charge < -0.3 is 10.5 Å². The normalized spacial score (nSPS) is 12.2. The standard InChI is InChI=1S/C16H19FN2O/c1-10-7-13(8-11(2)19-10)14(18)9-12-5-4-6-15(20-3)16(12)17/h4-8,14H,9,18H2,1-3H3. The molecule has 0 amide bonds. The molecule has 0 saturated heterocycles. The Hall–Kier alpha value is -1.94. The number of methoxy groups -OCH3 is 1. The van der Waals surface area contributed by atoms with Crippen molar-refractivity contribution in [2.75, 3.05) is 7.11 Å². The third kappa shape index (κ3) is 3.14. The minimum Gasteiger partial charge on any atom is -0.494 e. The van der Waals surface area contributed by atoms with Crippen LogP contribution in [0.2, 0.25) is 0 Å². The molecule has 0 radical (unpaired) electrons. The summed E-state index contributed by atoms with van der Waals surface area (Å²) in [7, 11) is 1.46. The molecule has 0 bridgehead atoms. The monoisotopic (exact) mass is 274 g/mol. The van der Waals surface area contributed by atoms with Gasteiger partial charge in [-0.15, -0.1) is 0 Å². The molecule has 0 fully saturated rings. The number of pyridine rings is 1. The molecule has 2 N–H and O–H groups in total. The Morgan fingerprint density at radius 2 is 1.90 bits per heavy atom. The van der Waals surface area contributed by atoms with E-state index in [-0.39, 0.29) is 17.6 Å². The fraction of sp³-hybridized carbons (Fsp3) is 0.312. The number of rotatable bonds is 4. The van der Waals surface area contributed by atoms with Crippen molar-refractivity contribution in [3.63, 3.8) is 0 Å². The Morgan fingerprint density at radius 3 is 2.50 bits per heavy atom. The SMILES string of the molecule is COc1cccc(CC(N)c2cc(C)nc(C)c2)c1F. The summed E-state index contributed by atoms with van der Waals surface area (Å²) >= 11 is 0. The highest BCUT2D eigenvalue weighted by Crippen LogP contribution is 2.24. The molecule has 1 aromatic carbocycles. The predicted octanol–water partition coefficient (Wildman–Crippen LogP) is 3.09. The molecule has 1 unspecified atom stereocenters. The zero-order chi connectivity index (χ0) is 14.7. The Morgan fingerprint density at radius 1 is 1.25 bits per heavy atom. The minimum absolute atomic E-state index is 0.247. The fourth-order valence-electron chi connectivity index (χ4n) is 2.31. The van der Waals surface area contributed by atoms with E-state index in [4.69, 9.17) is 10.5 Å². The molecule has 0 aliphatic heterocycles. The van der Waals surface area contributed by atoms with E-state index in [2.05, 4.69) is 4.98 Å². The first kappa shape index (κ1) is 14.5. The molecular formula is C16H19FN2O. The Labute approximate surface area is 118 Å². The van der Waals surface area contributed by atoms with Gasteiger partial charge in [0.25, 0.3) is 0 Å². The summed E-state index contributed by atoms with van der Waals surface area (Å²) in [5.41, 5.74) is 9.56. The quantitative estimate of drug-likeness (QED) is 0.932. The first-order valence-corrected chi connectivity index (χ1v) is 6.53. The Bertz CT molecular complexity index is 593. The van der Waals surface area contributed by atoms with Gasteiger partial charge in [0.05, 0.1) is 7.11 Å². The van der Waals surface area contributed by atoms with Crippen LogP contribution in [0.1, 0.15) is 28.6 Å². The second-order valence-corrected chi connectivity index (χ2v) is 4.93. The maximum Gasteiger partial charge on any atom is 0.168 e. The zero-order valence-electron chi connectivity index (χ0n) is 12.0. The maximum absolute atomic E-state index is 14.1. The van der Waals surface area contributed by atoms with Gasteiger partial charge in [-0.2, -0.15) is 0 Å². The van der Waals surface area contributed by atoms with E-state index in [0.717, 1.165) is 17.0 Å². The molecule has 4 heteroatoms. The molecule has 1 aromatic heterocycles. The van der Waals surface area contributed by atoms with Crippen LogP contribution >= 0.6 is 0 Å². The second-order valence-electron chi connectivity index (χ2n) is 4.93. The first-order chi connectivity index (χ1) is 9.51. The van der Waals surface area contributed by atoms with Gasteiger partial charge in [0.15, 0.2) is 11.6 Å².